The summed E-state index contributed by atoms with van der Waals surface area (Å²) in [6.07, 6.45) is 8.56. The predicted octanol–water partition coefficient (Wildman–Crippen LogP) is 6.04. The standard InChI is InChI=1S/C40H63N3O7/c1-22(2)30(50-35(47)43-18-9-19-43)25-20-23(3)29-31(48-25)32(44)38(7)27-12-11-26-36(4,5)28(49-34(46)42-24-10-8-17-41-33(24)45)13-14-39(26)21-40(27,39)16-15-37(29,38)6/h22-32,44H,8-21H2,1-7H3,(H,41,45)(H,42,46)/t23-,24+,25-,26+,27+,28+,29+,30-,31+,32+,37-,38-,39-,40+/m1/s1. The normalized spacial score (nSPS) is 49.1. The first-order valence-corrected chi connectivity index (χ1v) is 20.1. The van der Waals surface area contributed by atoms with Crippen molar-refractivity contribution in [1.82, 2.24) is 15.5 Å². The molecule has 2 spiro atoms. The highest BCUT2D eigenvalue weighted by Crippen LogP contribution is 2.89. The minimum absolute atomic E-state index is 0.0467. The number of piperidine rings is 1. The van der Waals surface area contributed by atoms with Crippen molar-refractivity contribution >= 4 is 18.1 Å². The molecule has 10 nitrogen and oxygen atoms in total. The number of ether oxygens (including phenoxy) is 3. The molecule has 5 saturated carbocycles. The number of amides is 3. The molecule has 0 radical (unpaired) electrons. The van der Waals surface area contributed by atoms with E-state index in [1.807, 2.05) is 0 Å². The summed E-state index contributed by atoms with van der Waals surface area (Å²) in [6, 6.07) is -0.520. The van der Waals surface area contributed by atoms with E-state index >= 15 is 0 Å². The second kappa shape index (κ2) is 11.7. The summed E-state index contributed by atoms with van der Waals surface area (Å²) in [4.78, 5) is 40.1. The van der Waals surface area contributed by atoms with Gasteiger partial charge in [-0.15, -0.1) is 0 Å². The molecule has 0 bridgehead atoms. The molecule has 3 heterocycles. The monoisotopic (exact) mass is 697 g/mol. The van der Waals surface area contributed by atoms with Crippen molar-refractivity contribution in [2.24, 2.45) is 56.7 Å². The number of aliphatic hydroxyl groups is 1. The van der Waals surface area contributed by atoms with Crippen LogP contribution in [-0.2, 0) is 19.0 Å². The Hall–Kier alpha value is -2.07. The van der Waals surface area contributed by atoms with E-state index in [-0.39, 0.29) is 75.3 Å². The number of carbonyl (C=O) groups excluding carboxylic acids is 3. The third-order valence-corrected chi connectivity index (χ3v) is 17.0. The average molecular weight is 698 g/mol. The van der Waals surface area contributed by atoms with Gasteiger partial charge < -0.3 is 34.9 Å². The van der Waals surface area contributed by atoms with Gasteiger partial charge in [0.05, 0.1) is 18.3 Å². The lowest BCUT2D eigenvalue weighted by atomic mass is 9.41. The summed E-state index contributed by atoms with van der Waals surface area (Å²) in [6.45, 7) is 18.2. The highest BCUT2D eigenvalue weighted by atomic mass is 16.6. The number of rotatable bonds is 5. The van der Waals surface area contributed by atoms with Crippen LogP contribution in [0.25, 0.3) is 0 Å². The van der Waals surface area contributed by atoms with Crippen molar-refractivity contribution in [2.75, 3.05) is 19.6 Å². The highest BCUT2D eigenvalue weighted by Gasteiger charge is 2.84. The lowest BCUT2D eigenvalue weighted by Crippen LogP contribution is -2.60. The first-order valence-electron chi connectivity index (χ1n) is 20.1. The van der Waals surface area contributed by atoms with Crippen LogP contribution in [0.2, 0.25) is 0 Å². The number of fused-ring (bicyclic) bond motifs is 4. The van der Waals surface area contributed by atoms with Gasteiger partial charge in [-0.25, -0.2) is 9.59 Å². The molecule has 0 aromatic rings. The van der Waals surface area contributed by atoms with Gasteiger partial charge in [0.1, 0.15) is 18.2 Å². The maximum absolute atomic E-state index is 13.1. The molecule has 0 aromatic carbocycles. The lowest BCUT2D eigenvalue weighted by molar-refractivity contribution is -0.185. The van der Waals surface area contributed by atoms with Crippen LogP contribution in [0.15, 0.2) is 0 Å². The van der Waals surface area contributed by atoms with Gasteiger partial charge in [0.25, 0.3) is 0 Å². The second-order valence-corrected chi connectivity index (χ2v) is 19.5. The van der Waals surface area contributed by atoms with Crippen LogP contribution in [-0.4, -0.2) is 84.3 Å². The molecule has 14 atom stereocenters. The molecule has 8 aliphatic rings. The number of hydrogen-bond donors (Lipinski definition) is 3. The molecule has 10 heteroatoms. The first kappa shape index (κ1) is 35.0. The summed E-state index contributed by atoms with van der Waals surface area (Å²) in [7, 11) is 0. The van der Waals surface area contributed by atoms with Gasteiger partial charge in [-0.05, 0) is 116 Å². The zero-order valence-corrected chi connectivity index (χ0v) is 31.6. The van der Waals surface area contributed by atoms with Crippen molar-refractivity contribution in [3.63, 3.8) is 0 Å². The van der Waals surface area contributed by atoms with Gasteiger partial charge in [-0.1, -0.05) is 48.5 Å². The molecule has 0 unspecified atom stereocenters. The van der Waals surface area contributed by atoms with E-state index in [1.54, 1.807) is 4.90 Å². The van der Waals surface area contributed by atoms with Crippen LogP contribution in [0.5, 0.6) is 0 Å². The van der Waals surface area contributed by atoms with Crippen LogP contribution in [0, 0.1) is 56.7 Å². The van der Waals surface area contributed by atoms with Crippen molar-refractivity contribution in [3.8, 4) is 0 Å². The summed E-state index contributed by atoms with van der Waals surface area (Å²) < 4.78 is 19.3. The topological polar surface area (TPSA) is 126 Å². The first-order chi connectivity index (χ1) is 23.6. The summed E-state index contributed by atoms with van der Waals surface area (Å²) in [5, 5.41) is 18.3. The fourth-order valence-electron chi connectivity index (χ4n) is 14.3. The Balaban J connectivity index is 1.00. The summed E-state index contributed by atoms with van der Waals surface area (Å²) in [5.74, 6) is 1.45. The number of carbonyl (C=O) groups is 3. The third kappa shape index (κ3) is 4.67. The maximum Gasteiger partial charge on any atom is 0.410 e. The van der Waals surface area contributed by atoms with E-state index < -0.39 is 18.2 Å². The maximum atomic E-state index is 13.1. The minimum Gasteiger partial charge on any atom is -0.446 e. The Morgan fingerprint density at radius 1 is 1.00 bits per heavy atom. The molecule has 5 aliphatic carbocycles. The van der Waals surface area contributed by atoms with E-state index in [1.165, 1.54) is 12.8 Å². The van der Waals surface area contributed by atoms with Crippen LogP contribution in [0.4, 0.5) is 9.59 Å². The Morgan fingerprint density at radius 3 is 2.40 bits per heavy atom. The predicted molar refractivity (Wildman–Crippen MR) is 187 cm³/mol. The lowest BCUT2D eigenvalue weighted by Gasteiger charge is -2.63. The van der Waals surface area contributed by atoms with Crippen molar-refractivity contribution in [3.05, 3.63) is 0 Å². The number of alkyl carbamates (subject to hydrolysis) is 1. The third-order valence-electron chi connectivity index (χ3n) is 17.0. The van der Waals surface area contributed by atoms with E-state index in [4.69, 9.17) is 14.2 Å². The Kier molecular flexibility index (Phi) is 8.20. The van der Waals surface area contributed by atoms with Gasteiger partial charge in [0.2, 0.25) is 5.91 Å². The number of nitrogens with one attached hydrogen (secondary N) is 2. The molecule has 280 valence electrons. The number of hydrogen-bond acceptors (Lipinski definition) is 7. The zero-order valence-electron chi connectivity index (χ0n) is 31.6. The number of likely N-dealkylation sites (tertiary alicyclic amines) is 1. The largest absolute Gasteiger partial charge is 0.446 e. The second-order valence-electron chi connectivity index (χ2n) is 19.5. The molecule has 3 amide bonds. The van der Waals surface area contributed by atoms with Crippen LogP contribution in [0.3, 0.4) is 0 Å². The molecule has 50 heavy (non-hydrogen) atoms. The molecular weight excluding hydrogens is 634 g/mol. The SMILES string of the molecule is CC(C)[C@@H](OC(=O)N1CCC1)[C@H]1C[C@@H](C)[C@H]2[C@H](O1)[C@H](O)[C@@]1(C)[C@@H]3CC[C@H]4C(C)(C)[C@@H](OC(=O)N[C@H]5CCCNC5=O)CC[C@@]45C[C@@]35CC[C@]21C. The zero-order chi connectivity index (χ0) is 35.6. The quantitative estimate of drug-likeness (QED) is 0.320. The van der Waals surface area contributed by atoms with Crippen molar-refractivity contribution in [1.29, 1.82) is 0 Å². The molecular formula is C40H63N3O7. The van der Waals surface area contributed by atoms with Gasteiger partial charge in [-0.2, -0.15) is 0 Å². The van der Waals surface area contributed by atoms with Gasteiger partial charge in [-0.3, -0.25) is 4.79 Å². The van der Waals surface area contributed by atoms with Gasteiger partial charge >= 0.3 is 12.2 Å². The average Bonchev–Trinajstić information content (AvgIpc) is 3.66. The summed E-state index contributed by atoms with van der Waals surface area (Å²) in [5.41, 5.74) is -0.112. The Morgan fingerprint density at radius 2 is 1.72 bits per heavy atom. The number of aliphatic hydroxyl groups excluding tert-OH is 1. The molecule has 0 aromatic heterocycles. The van der Waals surface area contributed by atoms with Gasteiger partial charge in [0, 0.05) is 30.5 Å². The summed E-state index contributed by atoms with van der Waals surface area (Å²) >= 11 is 0. The van der Waals surface area contributed by atoms with Crippen LogP contribution >= 0.6 is 0 Å². The van der Waals surface area contributed by atoms with Crippen LogP contribution in [0.1, 0.15) is 119 Å². The highest BCUT2D eigenvalue weighted by molar-refractivity contribution is 5.86. The molecule has 3 N–H and O–H groups in total. The van der Waals surface area contributed by atoms with Gasteiger partial charge in [0.15, 0.2) is 0 Å². The molecule has 8 fully saturated rings. The minimum atomic E-state index is -0.577. The van der Waals surface area contributed by atoms with Crippen LogP contribution < -0.4 is 10.6 Å². The van der Waals surface area contributed by atoms with E-state index in [9.17, 15) is 19.5 Å². The van der Waals surface area contributed by atoms with E-state index in [0.717, 1.165) is 64.5 Å². The van der Waals surface area contributed by atoms with E-state index in [0.29, 0.717) is 30.7 Å². The molecule has 3 saturated heterocycles. The molecule has 8 rings (SSSR count). The fourth-order valence-corrected chi connectivity index (χ4v) is 14.3. The van der Waals surface area contributed by atoms with Crippen molar-refractivity contribution in [2.45, 2.75) is 156 Å². The van der Waals surface area contributed by atoms with Crippen molar-refractivity contribution < 1.29 is 33.7 Å². The number of nitrogens with zero attached hydrogens (tertiary/aromatic N) is 1. The Bertz CT molecular complexity index is 1400. The fraction of sp³-hybridized carbons (Fsp3) is 0.925. The molecule has 3 aliphatic heterocycles. The Labute approximate surface area is 298 Å². The smallest absolute Gasteiger partial charge is 0.410 e. The van der Waals surface area contributed by atoms with E-state index in [2.05, 4.69) is 59.1 Å².